The van der Waals surface area contributed by atoms with Crippen molar-refractivity contribution in [3.05, 3.63) is 0 Å². The molecule has 3 nitrogen and oxygen atoms in total. The molecule has 2 aliphatic heterocycles. The maximum Gasteiger partial charge on any atom is 0.327 e. The molecule has 0 saturated carbocycles. The predicted molar refractivity (Wildman–Crippen MR) is 35.6 cm³/mol. The Hall–Kier alpha value is -0.570. The zero-order valence-corrected chi connectivity index (χ0v) is 6.09. The lowest BCUT2D eigenvalue weighted by Gasteiger charge is -2.05. The van der Waals surface area contributed by atoms with Crippen molar-refractivity contribution < 1.29 is 9.53 Å². The highest BCUT2D eigenvalue weighted by atomic mass is 16.5. The Kier molecular flexibility index (Phi) is 1.06. The van der Waals surface area contributed by atoms with Gasteiger partial charge in [0.2, 0.25) is 0 Å². The second-order valence-electron chi connectivity index (χ2n) is 3.05. The molecule has 3 heteroatoms. The van der Waals surface area contributed by atoms with Crippen LogP contribution in [0.3, 0.4) is 0 Å². The van der Waals surface area contributed by atoms with Crippen LogP contribution in [0.1, 0.15) is 12.8 Å². The van der Waals surface area contributed by atoms with Crippen LogP contribution in [0.15, 0.2) is 0 Å². The summed E-state index contributed by atoms with van der Waals surface area (Å²) in [6.07, 6.45) is 2.15. The Morgan fingerprint density at radius 1 is 1.70 bits per heavy atom. The van der Waals surface area contributed by atoms with E-state index in [1.807, 2.05) is 0 Å². The van der Waals surface area contributed by atoms with Crippen LogP contribution in [0.5, 0.6) is 0 Å². The molecule has 0 aromatic heterocycles. The van der Waals surface area contributed by atoms with E-state index in [1.54, 1.807) is 0 Å². The number of esters is 1. The van der Waals surface area contributed by atoms with Crippen molar-refractivity contribution in [2.45, 2.75) is 18.4 Å². The summed E-state index contributed by atoms with van der Waals surface area (Å²) in [5.41, 5.74) is -0.158. The Morgan fingerprint density at radius 3 is 2.90 bits per heavy atom. The van der Waals surface area contributed by atoms with Crippen molar-refractivity contribution in [2.24, 2.45) is 0 Å². The van der Waals surface area contributed by atoms with Gasteiger partial charge in [0, 0.05) is 6.54 Å². The summed E-state index contributed by atoms with van der Waals surface area (Å²) in [5, 5.41) is 0. The molecule has 2 fully saturated rings. The van der Waals surface area contributed by atoms with Gasteiger partial charge in [0.15, 0.2) is 0 Å². The quantitative estimate of drug-likeness (QED) is 0.380. The van der Waals surface area contributed by atoms with Crippen LogP contribution in [0, 0.1) is 0 Å². The van der Waals surface area contributed by atoms with Gasteiger partial charge in [-0.3, -0.25) is 4.90 Å². The Balaban J connectivity index is 2.11. The number of ether oxygens (including phenoxy) is 1. The number of carbonyl (C=O) groups excluding carboxylic acids is 1. The molecule has 2 heterocycles. The molecule has 2 atom stereocenters. The zero-order valence-electron chi connectivity index (χ0n) is 6.09. The minimum absolute atomic E-state index is 0.0370. The molecule has 0 spiro atoms. The van der Waals surface area contributed by atoms with Crippen molar-refractivity contribution in [3.63, 3.8) is 0 Å². The van der Waals surface area contributed by atoms with E-state index in [4.69, 9.17) is 4.74 Å². The maximum atomic E-state index is 11.1. The number of hydrogen-bond donors (Lipinski definition) is 0. The summed E-state index contributed by atoms with van der Waals surface area (Å²) < 4.78 is 4.70. The molecular weight excluding hydrogens is 130 g/mol. The van der Waals surface area contributed by atoms with Gasteiger partial charge in [0.05, 0.1) is 7.11 Å². The highest BCUT2D eigenvalue weighted by molar-refractivity contribution is 5.85. The van der Waals surface area contributed by atoms with Crippen molar-refractivity contribution in [2.75, 3.05) is 20.2 Å². The number of methoxy groups -OCH3 is 1. The van der Waals surface area contributed by atoms with Gasteiger partial charge in [0.25, 0.3) is 0 Å². The largest absolute Gasteiger partial charge is 0.468 e. The molecule has 56 valence electrons. The molecule has 0 N–H and O–H groups in total. The normalized spacial score (nSPS) is 42.7. The molecular formula is C7H11NO2. The lowest BCUT2D eigenvalue weighted by Crippen LogP contribution is -2.26. The molecule has 1 unspecified atom stereocenters. The SMILES string of the molecule is COC(=O)[C@@]12CCCN1C2. The lowest BCUT2D eigenvalue weighted by atomic mass is 10.1. The van der Waals surface area contributed by atoms with Gasteiger partial charge < -0.3 is 4.74 Å². The van der Waals surface area contributed by atoms with E-state index in [1.165, 1.54) is 7.11 Å². The Bertz CT molecular complexity index is 180. The van der Waals surface area contributed by atoms with Crippen LogP contribution < -0.4 is 0 Å². The fourth-order valence-electron chi connectivity index (χ4n) is 1.86. The number of hydrogen-bond acceptors (Lipinski definition) is 3. The molecule has 2 aliphatic rings. The lowest BCUT2D eigenvalue weighted by molar-refractivity contribution is -0.144. The van der Waals surface area contributed by atoms with Crippen LogP contribution in [-0.2, 0) is 9.53 Å². The highest BCUT2D eigenvalue weighted by Gasteiger charge is 2.61. The van der Waals surface area contributed by atoms with Crippen LogP contribution in [-0.4, -0.2) is 36.6 Å². The molecule has 10 heavy (non-hydrogen) atoms. The number of rotatable bonds is 1. The van der Waals surface area contributed by atoms with Gasteiger partial charge in [-0.15, -0.1) is 0 Å². The monoisotopic (exact) mass is 141 g/mol. The van der Waals surface area contributed by atoms with Gasteiger partial charge >= 0.3 is 5.97 Å². The topological polar surface area (TPSA) is 29.3 Å². The molecule has 0 amide bonds. The molecule has 2 rings (SSSR count). The highest BCUT2D eigenvalue weighted by Crippen LogP contribution is 2.43. The first kappa shape index (κ1) is 6.16. The van der Waals surface area contributed by atoms with Gasteiger partial charge in [-0.25, -0.2) is 4.79 Å². The molecule has 0 aliphatic carbocycles. The van der Waals surface area contributed by atoms with Crippen molar-refractivity contribution in [1.82, 2.24) is 4.90 Å². The third-order valence-corrected chi connectivity index (χ3v) is 2.54. The van der Waals surface area contributed by atoms with E-state index in [2.05, 4.69) is 4.90 Å². The summed E-state index contributed by atoms with van der Waals surface area (Å²) in [7, 11) is 1.46. The number of piperidine rings is 1. The van der Waals surface area contributed by atoms with E-state index in [-0.39, 0.29) is 11.5 Å². The maximum absolute atomic E-state index is 11.1. The standard InChI is InChI=1S/C7H11NO2/c1-10-6(9)7-3-2-4-8(7)5-7/h2-5H2,1H3/t7-,8?/m0/s1. The van der Waals surface area contributed by atoms with E-state index >= 15 is 0 Å². The summed E-state index contributed by atoms with van der Waals surface area (Å²) in [5.74, 6) is -0.0370. The third kappa shape index (κ3) is 0.560. The van der Waals surface area contributed by atoms with Crippen LogP contribution in [0.4, 0.5) is 0 Å². The number of carbonyl (C=O) groups is 1. The molecule has 0 radical (unpaired) electrons. The van der Waals surface area contributed by atoms with Crippen molar-refractivity contribution >= 4 is 5.97 Å². The minimum Gasteiger partial charge on any atom is -0.468 e. The van der Waals surface area contributed by atoms with Crippen LogP contribution in [0.25, 0.3) is 0 Å². The first-order valence-corrected chi connectivity index (χ1v) is 3.63. The fraction of sp³-hybridized carbons (Fsp3) is 0.857. The van der Waals surface area contributed by atoms with Crippen LogP contribution >= 0.6 is 0 Å². The third-order valence-electron chi connectivity index (χ3n) is 2.54. The zero-order chi connectivity index (χ0) is 7.19. The molecule has 2 saturated heterocycles. The minimum atomic E-state index is -0.158. The van der Waals surface area contributed by atoms with E-state index < -0.39 is 0 Å². The smallest absolute Gasteiger partial charge is 0.327 e. The summed E-state index contributed by atoms with van der Waals surface area (Å²) in [6, 6.07) is 0. The summed E-state index contributed by atoms with van der Waals surface area (Å²) in [6.45, 7) is 2.01. The summed E-state index contributed by atoms with van der Waals surface area (Å²) in [4.78, 5) is 13.3. The summed E-state index contributed by atoms with van der Waals surface area (Å²) >= 11 is 0. The average molecular weight is 141 g/mol. The number of fused-ring (bicyclic) bond motifs is 1. The van der Waals surface area contributed by atoms with Gasteiger partial charge in [-0.05, 0) is 19.4 Å². The van der Waals surface area contributed by atoms with E-state index in [9.17, 15) is 4.79 Å². The van der Waals surface area contributed by atoms with E-state index in [0.717, 1.165) is 25.9 Å². The van der Waals surface area contributed by atoms with Crippen LogP contribution in [0.2, 0.25) is 0 Å². The molecule has 0 aromatic carbocycles. The average Bonchev–Trinajstić information content (AvgIpc) is 2.54. The predicted octanol–water partition coefficient (Wildman–Crippen LogP) is 0.00760. The molecule has 0 aromatic rings. The second-order valence-corrected chi connectivity index (χ2v) is 3.05. The fourth-order valence-corrected chi connectivity index (χ4v) is 1.86. The first-order chi connectivity index (χ1) is 4.79. The second kappa shape index (κ2) is 1.72. The Morgan fingerprint density at radius 2 is 2.50 bits per heavy atom. The van der Waals surface area contributed by atoms with Crippen molar-refractivity contribution in [3.8, 4) is 0 Å². The molecule has 0 bridgehead atoms. The van der Waals surface area contributed by atoms with Gasteiger partial charge in [-0.2, -0.15) is 0 Å². The first-order valence-electron chi connectivity index (χ1n) is 3.63. The van der Waals surface area contributed by atoms with Gasteiger partial charge in [0.1, 0.15) is 5.54 Å². The van der Waals surface area contributed by atoms with Crippen molar-refractivity contribution in [1.29, 1.82) is 0 Å². The number of nitrogens with zero attached hydrogens (tertiary/aromatic N) is 1. The van der Waals surface area contributed by atoms with E-state index in [0.29, 0.717) is 0 Å². The Labute approximate surface area is 60.0 Å². The van der Waals surface area contributed by atoms with Gasteiger partial charge in [-0.1, -0.05) is 0 Å².